The maximum atomic E-state index is 13.9. The Labute approximate surface area is 168 Å². The van der Waals surface area contributed by atoms with E-state index in [2.05, 4.69) is 0 Å². The van der Waals surface area contributed by atoms with E-state index in [1.54, 1.807) is 32.0 Å². The van der Waals surface area contributed by atoms with Gasteiger partial charge < -0.3 is 9.47 Å². The highest BCUT2D eigenvalue weighted by Crippen LogP contribution is 2.65. The van der Waals surface area contributed by atoms with E-state index in [9.17, 15) is 22.4 Å². The third-order valence-corrected chi connectivity index (χ3v) is 7.21. The number of benzene rings is 2. The molecule has 6 nitrogen and oxygen atoms in total. The van der Waals surface area contributed by atoms with Crippen molar-refractivity contribution in [3.05, 3.63) is 66.0 Å². The largest absolute Gasteiger partial charge is 0.465 e. The van der Waals surface area contributed by atoms with Gasteiger partial charge in [0, 0.05) is 5.92 Å². The Bertz CT molecular complexity index is 1000. The second-order valence-corrected chi connectivity index (χ2v) is 8.69. The van der Waals surface area contributed by atoms with Crippen molar-refractivity contribution in [2.24, 2.45) is 5.41 Å². The molecule has 2 aromatic rings. The Morgan fingerprint density at radius 3 is 2.07 bits per heavy atom. The van der Waals surface area contributed by atoms with E-state index in [-0.39, 0.29) is 23.7 Å². The van der Waals surface area contributed by atoms with Crippen LogP contribution < -0.4 is 0 Å². The molecule has 1 fully saturated rings. The molecule has 0 bridgehead atoms. The molecule has 2 atom stereocenters. The number of hydrogen-bond donors (Lipinski definition) is 0. The average molecular weight is 420 g/mol. The number of carbonyl (C=O) groups excluding carboxylic acids is 2. The van der Waals surface area contributed by atoms with Crippen molar-refractivity contribution in [3.63, 3.8) is 0 Å². The van der Waals surface area contributed by atoms with E-state index in [4.69, 9.17) is 9.47 Å². The molecule has 0 N–H and O–H groups in total. The standard InChI is InChI=1S/C21H21FO6S/c1-3-27-19(23)21(20(24)28-4-2)17(14-9-8-10-15(22)13-14)18(21)29(25,26)16-11-6-5-7-12-16/h5-13,17-18H,3-4H2,1-2H3/t17-,18+/m0/s1. The zero-order valence-corrected chi connectivity index (χ0v) is 16.8. The van der Waals surface area contributed by atoms with E-state index < -0.39 is 44.2 Å². The molecular weight excluding hydrogens is 399 g/mol. The van der Waals surface area contributed by atoms with Crippen LogP contribution >= 0.6 is 0 Å². The minimum atomic E-state index is -4.13. The van der Waals surface area contributed by atoms with Crippen molar-refractivity contribution in [1.29, 1.82) is 0 Å². The van der Waals surface area contributed by atoms with Gasteiger partial charge in [0.15, 0.2) is 15.3 Å². The maximum Gasteiger partial charge on any atom is 0.325 e. The van der Waals surface area contributed by atoms with Gasteiger partial charge in [-0.15, -0.1) is 0 Å². The molecule has 0 amide bonds. The Balaban J connectivity index is 2.21. The summed E-state index contributed by atoms with van der Waals surface area (Å²) in [5, 5.41) is -1.46. The van der Waals surface area contributed by atoms with Crippen molar-refractivity contribution < 1.29 is 31.9 Å². The van der Waals surface area contributed by atoms with E-state index >= 15 is 0 Å². The number of halogens is 1. The Morgan fingerprint density at radius 2 is 1.55 bits per heavy atom. The van der Waals surface area contributed by atoms with Crippen LogP contribution in [0.25, 0.3) is 0 Å². The number of hydrogen-bond acceptors (Lipinski definition) is 6. The molecule has 0 saturated heterocycles. The van der Waals surface area contributed by atoms with Crippen LogP contribution in [0.3, 0.4) is 0 Å². The summed E-state index contributed by atoms with van der Waals surface area (Å²) >= 11 is 0. The van der Waals surface area contributed by atoms with Crippen LogP contribution in [0.2, 0.25) is 0 Å². The van der Waals surface area contributed by atoms with Crippen LogP contribution in [-0.2, 0) is 28.9 Å². The number of esters is 2. The molecule has 1 saturated carbocycles. The lowest BCUT2D eigenvalue weighted by Gasteiger charge is -2.15. The van der Waals surface area contributed by atoms with Crippen LogP contribution in [0.1, 0.15) is 25.3 Å². The fourth-order valence-corrected chi connectivity index (χ4v) is 6.05. The van der Waals surface area contributed by atoms with Crippen LogP contribution in [0.4, 0.5) is 4.39 Å². The van der Waals surface area contributed by atoms with Crippen LogP contribution in [-0.4, -0.2) is 38.8 Å². The second-order valence-electron chi connectivity index (χ2n) is 6.62. The molecule has 8 heteroatoms. The van der Waals surface area contributed by atoms with Crippen molar-refractivity contribution in [2.75, 3.05) is 13.2 Å². The number of carbonyl (C=O) groups is 2. The summed E-state index contributed by atoms with van der Waals surface area (Å²) in [6.07, 6.45) is 0. The smallest absolute Gasteiger partial charge is 0.325 e. The molecule has 0 spiro atoms. The topological polar surface area (TPSA) is 86.7 Å². The Morgan fingerprint density at radius 1 is 0.966 bits per heavy atom. The number of ether oxygens (including phenoxy) is 2. The maximum absolute atomic E-state index is 13.9. The van der Waals surface area contributed by atoms with Crippen molar-refractivity contribution in [2.45, 2.75) is 29.9 Å². The highest BCUT2D eigenvalue weighted by Gasteiger charge is 2.81. The van der Waals surface area contributed by atoms with Crippen molar-refractivity contribution in [3.8, 4) is 0 Å². The molecule has 2 aromatic carbocycles. The second kappa shape index (κ2) is 7.94. The lowest BCUT2D eigenvalue weighted by molar-refractivity contribution is -0.164. The van der Waals surface area contributed by atoms with E-state index in [0.717, 1.165) is 6.07 Å². The van der Waals surface area contributed by atoms with Gasteiger partial charge in [-0.25, -0.2) is 12.8 Å². The summed E-state index contributed by atoms with van der Waals surface area (Å²) in [7, 11) is -4.13. The molecule has 1 aliphatic carbocycles. The first-order valence-electron chi connectivity index (χ1n) is 9.20. The van der Waals surface area contributed by atoms with Gasteiger partial charge in [-0.05, 0) is 43.7 Å². The highest BCUT2D eigenvalue weighted by atomic mass is 32.2. The average Bonchev–Trinajstić information content (AvgIpc) is 3.42. The van der Waals surface area contributed by atoms with Crippen LogP contribution in [0.15, 0.2) is 59.5 Å². The van der Waals surface area contributed by atoms with Gasteiger partial charge in [0.05, 0.1) is 18.1 Å². The van der Waals surface area contributed by atoms with Crippen LogP contribution in [0, 0.1) is 11.2 Å². The summed E-state index contributed by atoms with van der Waals surface area (Å²) in [5.41, 5.74) is -1.87. The molecule has 0 aromatic heterocycles. The molecule has 0 heterocycles. The fourth-order valence-electron chi connectivity index (χ4n) is 3.75. The predicted octanol–water partition coefficient (Wildman–Crippen LogP) is 2.88. The van der Waals surface area contributed by atoms with Gasteiger partial charge in [0.1, 0.15) is 11.1 Å². The summed E-state index contributed by atoms with van der Waals surface area (Å²) < 4.78 is 50.8. The zero-order valence-electron chi connectivity index (χ0n) is 16.0. The van der Waals surface area contributed by atoms with E-state index in [1.165, 1.54) is 30.3 Å². The van der Waals surface area contributed by atoms with Crippen LogP contribution in [0.5, 0.6) is 0 Å². The molecule has 29 heavy (non-hydrogen) atoms. The summed E-state index contributed by atoms with van der Waals surface area (Å²) in [6.45, 7) is 3.01. The first kappa shape index (κ1) is 21.0. The number of sulfone groups is 1. The first-order valence-corrected chi connectivity index (χ1v) is 10.7. The summed E-state index contributed by atoms with van der Waals surface area (Å²) in [4.78, 5) is 25.8. The predicted molar refractivity (Wildman–Crippen MR) is 102 cm³/mol. The van der Waals surface area contributed by atoms with Gasteiger partial charge in [0.2, 0.25) is 0 Å². The first-order chi connectivity index (χ1) is 13.8. The van der Waals surface area contributed by atoms with Gasteiger partial charge in [0.25, 0.3) is 0 Å². The fraction of sp³-hybridized carbons (Fsp3) is 0.333. The Kier molecular flexibility index (Phi) is 5.75. The molecule has 3 rings (SSSR count). The van der Waals surface area contributed by atoms with Crippen molar-refractivity contribution >= 4 is 21.8 Å². The lowest BCUT2D eigenvalue weighted by Crippen LogP contribution is -2.35. The number of rotatable bonds is 7. The van der Waals surface area contributed by atoms with E-state index in [1.807, 2.05) is 0 Å². The zero-order chi connectivity index (χ0) is 21.2. The van der Waals surface area contributed by atoms with E-state index in [0.29, 0.717) is 0 Å². The molecular formula is C21H21FO6S. The summed E-state index contributed by atoms with van der Waals surface area (Å²) in [5.74, 6) is -3.71. The molecule has 1 aliphatic rings. The SMILES string of the molecule is CCOC(=O)C1(C(=O)OCC)[C@H](S(=O)(=O)c2ccccc2)[C@@H]1c1cccc(F)c1. The molecule has 154 valence electrons. The quantitative estimate of drug-likeness (QED) is 0.506. The molecule has 0 radical (unpaired) electrons. The normalized spacial score (nSPS) is 20.0. The minimum Gasteiger partial charge on any atom is -0.465 e. The minimum absolute atomic E-state index is 0.0399. The lowest BCUT2D eigenvalue weighted by atomic mass is 9.99. The summed E-state index contributed by atoms with van der Waals surface area (Å²) in [6, 6.07) is 12.7. The third kappa shape index (κ3) is 3.42. The van der Waals surface area contributed by atoms with Gasteiger partial charge in [-0.3, -0.25) is 9.59 Å². The Hall–Kier alpha value is -2.74. The molecule has 0 aliphatic heterocycles. The molecule has 0 unspecified atom stereocenters. The van der Waals surface area contributed by atoms with Crippen molar-refractivity contribution in [1.82, 2.24) is 0 Å². The van der Waals surface area contributed by atoms with Gasteiger partial charge in [-0.2, -0.15) is 0 Å². The highest BCUT2D eigenvalue weighted by molar-refractivity contribution is 7.92. The van der Waals surface area contributed by atoms with Gasteiger partial charge in [-0.1, -0.05) is 30.3 Å². The third-order valence-electron chi connectivity index (χ3n) is 4.97. The van der Waals surface area contributed by atoms with Gasteiger partial charge >= 0.3 is 11.9 Å². The monoisotopic (exact) mass is 420 g/mol.